The molecular weight excluding hydrogens is 515 g/mol. The molecule has 1 heterocycles. The summed E-state index contributed by atoms with van der Waals surface area (Å²) in [7, 11) is -4.27. The van der Waals surface area contributed by atoms with Gasteiger partial charge in [-0.2, -0.15) is 18.3 Å². The van der Waals surface area contributed by atoms with Gasteiger partial charge in [-0.25, -0.2) is 17.8 Å². The summed E-state index contributed by atoms with van der Waals surface area (Å²) < 4.78 is 68.6. The second kappa shape index (κ2) is 9.04. The molecule has 7 nitrogen and oxygen atoms in total. The summed E-state index contributed by atoms with van der Waals surface area (Å²) in [5.74, 6) is -0.739. The van der Waals surface area contributed by atoms with Crippen molar-refractivity contribution in [1.82, 2.24) is 14.5 Å². The minimum Gasteiger partial charge on any atom is -0.392 e. The van der Waals surface area contributed by atoms with Gasteiger partial charge in [0.05, 0.1) is 22.9 Å². The number of nitrogens with one attached hydrogen (secondary N) is 1. The van der Waals surface area contributed by atoms with Crippen LogP contribution < -0.4 is 4.72 Å². The van der Waals surface area contributed by atoms with Gasteiger partial charge in [0.2, 0.25) is 5.91 Å². The number of carbonyl (C=O) groups is 1. The van der Waals surface area contributed by atoms with E-state index in [1.54, 1.807) is 24.3 Å². The maximum absolute atomic E-state index is 13.4. The number of benzene rings is 2. The molecule has 0 aliphatic heterocycles. The Kier molecular flexibility index (Phi) is 6.77. The van der Waals surface area contributed by atoms with E-state index in [0.29, 0.717) is 5.56 Å². The van der Waals surface area contributed by atoms with E-state index < -0.39 is 34.4 Å². The second-order valence-corrected chi connectivity index (χ2v) is 9.23. The molecule has 3 aromatic rings. The van der Waals surface area contributed by atoms with Crippen LogP contribution in [0.2, 0.25) is 0 Å². The normalized spacial score (nSPS) is 12.1. The average Bonchev–Trinajstić information content (AvgIpc) is 3.19. The largest absolute Gasteiger partial charge is 0.435 e. The highest BCUT2D eigenvalue weighted by molar-refractivity contribution is 9.10. The molecule has 0 spiro atoms. The molecule has 1 amide bonds. The smallest absolute Gasteiger partial charge is 0.392 e. The van der Waals surface area contributed by atoms with Crippen LogP contribution in [0.4, 0.5) is 13.2 Å². The predicted molar refractivity (Wildman–Crippen MR) is 113 cm³/mol. The molecule has 0 unspecified atom stereocenters. The van der Waals surface area contributed by atoms with Crippen molar-refractivity contribution < 1.29 is 31.5 Å². The number of sulfonamides is 1. The van der Waals surface area contributed by atoms with Gasteiger partial charge in [0.15, 0.2) is 5.69 Å². The lowest BCUT2D eigenvalue weighted by Crippen LogP contribution is -2.30. The van der Waals surface area contributed by atoms with Crippen molar-refractivity contribution in [2.75, 3.05) is 0 Å². The average molecular weight is 532 g/mol. The fraction of sp³-hybridized carbons (Fsp3) is 0.200. The Morgan fingerprint density at radius 2 is 1.81 bits per heavy atom. The number of amides is 1. The molecule has 0 bridgehead atoms. The zero-order valence-corrected chi connectivity index (χ0v) is 18.9. The maximum Gasteiger partial charge on any atom is 0.435 e. The van der Waals surface area contributed by atoms with Gasteiger partial charge >= 0.3 is 6.18 Å². The summed E-state index contributed by atoms with van der Waals surface area (Å²) in [5, 5.41) is 13.4. The summed E-state index contributed by atoms with van der Waals surface area (Å²) in [6.45, 7) is 0.742. The van der Waals surface area contributed by atoms with Gasteiger partial charge in [-0.05, 0) is 36.4 Å². The summed E-state index contributed by atoms with van der Waals surface area (Å²) in [6, 6.07) is 11.0. The molecule has 2 aromatic carbocycles. The molecule has 3 rings (SSSR count). The highest BCUT2D eigenvalue weighted by Gasteiger charge is 2.35. The second-order valence-electron chi connectivity index (χ2n) is 6.66. The molecule has 170 valence electrons. The summed E-state index contributed by atoms with van der Waals surface area (Å²) >= 11 is 3.27. The van der Waals surface area contributed by atoms with E-state index in [4.69, 9.17) is 0 Å². The predicted octanol–water partition coefficient (Wildman–Crippen LogP) is 4.03. The minimum atomic E-state index is -4.71. The number of hydrogen-bond donors (Lipinski definition) is 2. The van der Waals surface area contributed by atoms with Crippen molar-refractivity contribution >= 4 is 31.9 Å². The number of rotatable bonds is 6. The molecule has 2 N–H and O–H groups in total. The van der Waals surface area contributed by atoms with E-state index in [1.807, 2.05) is 4.72 Å². The van der Waals surface area contributed by atoms with Crippen LogP contribution in [0.1, 0.15) is 24.6 Å². The number of carbonyl (C=O) groups excluding carboxylic acids is 1. The van der Waals surface area contributed by atoms with Crippen LogP contribution in [0.3, 0.4) is 0 Å². The summed E-state index contributed by atoms with van der Waals surface area (Å²) in [6.07, 6.45) is -4.78. The van der Waals surface area contributed by atoms with Crippen LogP contribution in [-0.2, 0) is 27.6 Å². The number of aliphatic hydroxyl groups excluding tert-OH is 1. The molecule has 0 aliphatic rings. The first-order valence-corrected chi connectivity index (χ1v) is 11.5. The fourth-order valence-electron chi connectivity index (χ4n) is 2.90. The van der Waals surface area contributed by atoms with Crippen LogP contribution in [0.15, 0.2) is 57.9 Å². The first-order chi connectivity index (χ1) is 15.0. The Labute approximate surface area is 190 Å². The third-order valence-corrected chi connectivity index (χ3v) is 6.46. The molecule has 12 heteroatoms. The Morgan fingerprint density at radius 1 is 1.16 bits per heavy atom. The lowest BCUT2D eigenvalue weighted by atomic mass is 10.1. The summed E-state index contributed by atoms with van der Waals surface area (Å²) in [5.41, 5.74) is -0.585. The maximum atomic E-state index is 13.4. The molecular formula is C20H17BrF3N3O4S. The summed E-state index contributed by atoms with van der Waals surface area (Å²) in [4.78, 5) is 11.2. The van der Waals surface area contributed by atoms with Crippen molar-refractivity contribution in [3.63, 3.8) is 0 Å². The van der Waals surface area contributed by atoms with E-state index in [1.165, 1.54) is 19.1 Å². The molecule has 0 fully saturated rings. The Bertz CT molecular complexity index is 1260. The van der Waals surface area contributed by atoms with E-state index in [9.17, 15) is 31.5 Å². The zero-order valence-electron chi connectivity index (χ0n) is 16.5. The van der Waals surface area contributed by atoms with Crippen molar-refractivity contribution in [1.29, 1.82) is 0 Å². The monoisotopic (exact) mass is 531 g/mol. The molecule has 0 atom stereocenters. The third-order valence-electron chi connectivity index (χ3n) is 4.46. The van der Waals surface area contributed by atoms with E-state index in [0.717, 1.165) is 21.3 Å². The van der Waals surface area contributed by atoms with Gasteiger partial charge in [0, 0.05) is 22.0 Å². The standard InChI is InChI=1S/C20H17BrF3N3O4S/c1-2-19(29)26-32(30,31)17-8-7-15(9-13(17)11-28)27-16(10-18(25-27)20(22,23)24)12-3-5-14(21)6-4-12/h3-10,28H,2,11H2,1H3,(H,26,29). The molecule has 32 heavy (non-hydrogen) atoms. The van der Waals surface area contributed by atoms with Gasteiger partial charge in [-0.15, -0.1) is 0 Å². The fourth-order valence-corrected chi connectivity index (χ4v) is 4.44. The van der Waals surface area contributed by atoms with Gasteiger partial charge < -0.3 is 5.11 Å². The highest BCUT2D eigenvalue weighted by Crippen LogP contribution is 2.34. The number of aromatic nitrogens is 2. The molecule has 0 radical (unpaired) electrons. The van der Waals surface area contributed by atoms with E-state index in [2.05, 4.69) is 21.0 Å². The highest BCUT2D eigenvalue weighted by atomic mass is 79.9. The quantitative estimate of drug-likeness (QED) is 0.500. The van der Waals surface area contributed by atoms with Crippen molar-refractivity contribution in [3.05, 3.63) is 64.3 Å². The van der Waals surface area contributed by atoms with E-state index >= 15 is 0 Å². The van der Waals surface area contributed by atoms with Crippen LogP contribution in [0.5, 0.6) is 0 Å². The van der Waals surface area contributed by atoms with Crippen LogP contribution in [0.25, 0.3) is 16.9 Å². The zero-order chi connectivity index (χ0) is 23.7. The van der Waals surface area contributed by atoms with Crippen LogP contribution >= 0.6 is 15.9 Å². The van der Waals surface area contributed by atoms with E-state index in [-0.39, 0.29) is 28.3 Å². The number of hydrogen-bond acceptors (Lipinski definition) is 5. The number of halogens is 4. The number of alkyl halides is 3. The SMILES string of the molecule is CCC(=O)NS(=O)(=O)c1ccc(-n2nc(C(F)(F)F)cc2-c2ccc(Br)cc2)cc1CO. The third kappa shape index (κ3) is 5.03. The Morgan fingerprint density at radius 3 is 2.38 bits per heavy atom. The Balaban J connectivity index is 2.16. The molecule has 0 saturated carbocycles. The van der Waals surface area contributed by atoms with Crippen molar-refractivity contribution in [3.8, 4) is 16.9 Å². The molecule has 0 saturated heterocycles. The van der Waals surface area contributed by atoms with Gasteiger partial charge in [0.1, 0.15) is 0 Å². The van der Waals surface area contributed by atoms with Gasteiger partial charge in [-0.1, -0.05) is 35.0 Å². The van der Waals surface area contributed by atoms with Gasteiger partial charge in [-0.3, -0.25) is 4.79 Å². The lowest BCUT2D eigenvalue weighted by Gasteiger charge is -2.13. The first-order valence-electron chi connectivity index (χ1n) is 9.19. The molecule has 0 aliphatic carbocycles. The van der Waals surface area contributed by atoms with Crippen LogP contribution in [-0.4, -0.2) is 29.2 Å². The van der Waals surface area contributed by atoms with Crippen molar-refractivity contribution in [2.24, 2.45) is 0 Å². The van der Waals surface area contributed by atoms with Crippen molar-refractivity contribution in [2.45, 2.75) is 31.0 Å². The first kappa shape index (κ1) is 24.0. The number of aliphatic hydroxyl groups is 1. The Hall–Kier alpha value is -2.70. The van der Waals surface area contributed by atoms with Crippen LogP contribution in [0, 0.1) is 0 Å². The lowest BCUT2D eigenvalue weighted by molar-refractivity contribution is -0.141. The number of nitrogens with zero attached hydrogens (tertiary/aromatic N) is 2. The topological polar surface area (TPSA) is 101 Å². The minimum absolute atomic E-state index is 0.0736. The van der Waals surface area contributed by atoms with Gasteiger partial charge in [0.25, 0.3) is 10.0 Å². The molecule has 1 aromatic heterocycles.